The minimum atomic E-state index is -0.556. The molecule has 24 heavy (non-hydrogen) atoms. The lowest BCUT2D eigenvalue weighted by molar-refractivity contribution is 0.135. The van der Waals surface area contributed by atoms with Gasteiger partial charge in [0.2, 0.25) is 0 Å². The summed E-state index contributed by atoms with van der Waals surface area (Å²) in [5.74, 6) is 2.26. The van der Waals surface area contributed by atoms with Crippen LogP contribution in [0.3, 0.4) is 0 Å². The number of hydrogen-bond donors (Lipinski definition) is 2. The molecule has 0 saturated heterocycles. The average Bonchev–Trinajstić information content (AvgIpc) is 2.64. The molecule has 2 unspecified atom stereocenters. The van der Waals surface area contributed by atoms with E-state index in [-0.39, 0.29) is 6.04 Å². The zero-order chi connectivity index (χ0) is 17.4. The molecule has 1 aromatic carbocycles. The minimum absolute atomic E-state index is 0.00876. The Balaban J connectivity index is 1.77. The fourth-order valence-electron chi connectivity index (χ4n) is 3.63. The van der Waals surface area contributed by atoms with Gasteiger partial charge in [0.05, 0.1) is 20.3 Å². The number of aliphatic hydroxyl groups excluding tert-OH is 1. The molecule has 1 saturated carbocycles. The molecule has 0 heterocycles. The summed E-state index contributed by atoms with van der Waals surface area (Å²) in [6.45, 7) is 2.99. The van der Waals surface area contributed by atoms with Crippen molar-refractivity contribution >= 4 is 0 Å². The Morgan fingerprint density at radius 2 is 1.83 bits per heavy atom. The van der Waals surface area contributed by atoms with Crippen molar-refractivity contribution in [3.63, 3.8) is 0 Å². The zero-order valence-corrected chi connectivity index (χ0v) is 15.4. The van der Waals surface area contributed by atoms with E-state index in [9.17, 15) is 5.11 Å². The normalized spacial score (nSPS) is 18.2. The molecule has 0 aromatic heterocycles. The third-order valence-electron chi connectivity index (χ3n) is 5.20. The van der Waals surface area contributed by atoms with Gasteiger partial charge in [-0.15, -0.1) is 0 Å². The van der Waals surface area contributed by atoms with Gasteiger partial charge in [-0.2, -0.15) is 0 Å². The number of hydrogen-bond acceptors (Lipinski definition) is 4. The van der Waals surface area contributed by atoms with Crippen LogP contribution in [-0.2, 0) is 0 Å². The third kappa shape index (κ3) is 5.38. The van der Waals surface area contributed by atoms with Gasteiger partial charge in [-0.3, -0.25) is 0 Å². The van der Waals surface area contributed by atoms with Gasteiger partial charge < -0.3 is 19.9 Å². The first-order valence-corrected chi connectivity index (χ1v) is 9.29. The monoisotopic (exact) mass is 335 g/mol. The lowest BCUT2D eigenvalue weighted by Crippen LogP contribution is -2.33. The summed E-state index contributed by atoms with van der Waals surface area (Å²) in [5.41, 5.74) is 0.847. The van der Waals surface area contributed by atoms with Crippen LogP contribution in [0.15, 0.2) is 18.2 Å². The summed E-state index contributed by atoms with van der Waals surface area (Å²) in [7, 11) is 3.23. The Morgan fingerprint density at radius 3 is 2.50 bits per heavy atom. The van der Waals surface area contributed by atoms with Crippen LogP contribution in [0.4, 0.5) is 0 Å². The molecular formula is C20H33NO3. The topological polar surface area (TPSA) is 50.7 Å². The number of rotatable bonds is 9. The molecule has 1 aliphatic rings. The smallest absolute Gasteiger partial charge is 0.161 e. The van der Waals surface area contributed by atoms with E-state index in [4.69, 9.17) is 9.47 Å². The molecule has 4 heteroatoms. The van der Waals surface area contributed by atoms with Gasteiger partial charge in [0.15, 0.2) is 11.5 Å². The van der Waals surface area contributed by atoms with E-state index in [0.29, 0.717) is 11.5 Å². The summed E-state index contributed by atoms with van der Waals surface area (Å²) < 4.78 is 10.6. The maximum Gasteiger partial charge on any atom is 0.161 e. The van der Waals surface area contributed by atoms with Crippen molar-refractivity contribution in [3.8, 4) is 11.5 Å². The Kier molecular flexibility index (Phi) is 7.86. The van der Waals surface area contributed by atoms with E-state index in [1.165, 1.54) is 44.9 Å². The molecular weight excluding hydrogens is 302 g/mol. The zero-order valence-electron chi connectivity index (χ0n) is 15.4. The van der Waals surface area contributed by atoms with Gasteiger partial charge in [-0.05, 0) is 49.9 Å². The Morgan fingerprint density at radius 1 is 1.12 bits per heavy atom. The fourth-order valence-corrected chi connectivity index (χ4v) is 3.63. The van der Waals surface area contributed by atoms with Crippen LogP contribution in [-0.4, -0.2) is 31.9 Å². The van der Waals surface area contributed by atoms with Crippen molar-refractivity contribution in [2.24, 2.45) is 5.92 Å². The van der Waals surface area contributed by atoms with Crippen molar-refractivity contribution in [2.45, 2.75) is 64.0 Å². The molecule has 1 fully saturated rings. The second-order valence-corrected chi connectivity index (χ2v) is 6.95. The van der Waals surface area contributed by atoms with Gasteiger partial charge in [0.1, 0.15) is 0 Å². The Bertz CT molecular complexity index is 486. The quantitative estimate of drug-likeness (QED) is 0.668. The van der Waals surface area contributed by atoms with E-state index in [1.807, 2.05) is 25.1 Å². The van der Waals surface area contributed by atoms with Crippen LogP contribution in [0.25, 0.3) is 0 Å². The van der Waals surface area contributed by atoms with Crippen LogP contribution in [0, 0.1) is 5.92 Å². The molecule has 1 aliphatic carbocycles. The molecule has 2 atom stereocenters. The number of ether oxygens (including phenoxy) is 2. The van der Waals surface area contributed by atoms with Gasteiger partial charge in [-0.25, -0.2) is 0 Å². The molecule has 0 amide bonds. The van der Waals surface area contributed by atoms with Crippen LogP contribution < -0.4 is 14.8 Å². The van der Waals surface area contributed by atoms with Gasteiger partial charge in [-0.1, -0.05) is 38.2 Å². The predicted octanol–water partition coefficient (Wildman–Crippen LogP) is 4.08. The third-order valence-corrected chi connectivity index (χ3v) is 5.20. The van der Waals surface area contributed by atoms with Crippen molar-refractivity contribution in [1.29, 1.82) is 0 Å². The molecule has 2 rings (SSSR count). The summed E-state index contributed by atoms with van der Waals surface area (Å²) in [6, 6.07) is 5.60. The summed E-state index contributed by atoms with van der Waals surface area (Å²) in [6.07, 6.45) is 9.00. The maximum absolute atomic E-state index is 10.6. The van der Waals surface area contributed by atoms with E-state index in [1.54, 1.807) is 14.2 Å². The molecule has 1 aromatic rings. The average molecular weight is 335 g/mol. The van der Waals surface area contributed by atoms with Crippen molar-refractivity contribution < 1.29 is 14.6 Å². The molecule has 0 spiro atoms. The van der Waals surface area contributed by atoms with Crippen LogP contribution in [0.2, 0.25) is 0 Å². The van der Waals surface area contributed by atoms with Crippen molar-refractivity contribution in [1.82, 2.24) is 5.32 Å². The minimum Gasteiger partial charge on any atom is -0.493 e. The number of benzene rings is 1. The van der Waals surface area contributed by atoms with E-state index >= 15 is 0 Å². The molecule has 0 bridgehead atoms. The molecule has 4 nitrogen and oxygen atoms in total. The predicted molar refractivity (Wildman–Crippen MR) is 97.8 cm³/mol. The van der Waals surface area contributed by atoms with Crippen LogP contribution in [0.5, 0.6) is 11.5 Å². The van der Waals surface area contributed by atoms with E-state index in [0.717, 1.165) is 18.0 Å². The van der Waals surface area contributed by atoms with Gasteiger partial charge in [0.25, 0.3) is 0 Å². The standard InChI is InChI=1S/C20H33NO3/c1-15(21-13-7-10-16-8-5-4-6-9-16)20(22)17-11-12-18(23-2)19(14-17)24-3/h11-12,14-16,20-22H,4-10,13H2,1-3H3. The highest BCUT2D eigenvalue weighted by Gasteiger charge is 2.18. The van der Waals surface area contributed by atoms with Gasteiger partial charge >= 0.3 is 0 Å². The first-order chi connectivity index (χ1) is 11.7. The molecule has 0 radical (unpaired) electrons. The Labute approximate surface area is 146 Å². The largest absolute Gasteiger partial charge is 0.493 e. The van der Waals surface area contributed by atoms with E-state index in [2.05, 4.69) is 5.32 Å². The lowest BCUT2D eigenvalue weighted by atomic mass is 9.86. The lowest BCUT2D eigenvalue weighted by Gasteiger charge is -2.24. The highest BCUT2D eigenvalue weighted by atomic mass is 16.5. The SMILES string of the molecule is COc1ccc(C(O)C(C)NCCCC2CCCCC2)cc1OC. The van der Waals surface area contributed by atoms with Crippen molar-refractivity contribution in [3.05, 3.63) is 23.8 Å². The highest BCUT2D eigenvalue weighted by Crippen LogP contribution is 2.31. The molecule has 2 N–H and O–H groups in total. The van der Waals surface area contributed by atoms with Crippen molar-refractivity contribution in [2.75, 3.05) is 20.8 Å². The summed E-state index contributed by atoms with van der Waals surface area (Å²) in [5, 5.41) is 14.0. The summed E-state index contributed by atoms with van der Waals surface area (Å²) in [4.78, 5) is 0. The Hall–Kier alpha value is -1.26. The highest BCUT2D eigenvalue weighted by molar-refractivity contribution is 5.43. The van der Waals surface area contributed by atoms with Crippen LogP contribution in [0.1, 0.15) is 63.5 Å². The second-order valence-electron chi connectivity index (χ2n) is 6.95. The van der Waals surface area contributed by atoms with E-state index < -0.39 is 6.10 Å². The number of aliphatic hydroxyl groups is 1. The number of nitrogens with one attached hydrogen (secondary N) is 1. The summed E-state index contributed by atoms with van der Waals surface area (Å²) >= 11 is 0. The first kappa shape index (κ1) is 19.1. The molecule has 136 valence electrons. The van der Waals surface area contributed by atoms with Crippen LogP contribution >= 0.6 is 0 Å². The second kappa shape index (κ2) is 9.90. The maximum atomic E-state index is 10.6. The number of methoxy groups -OCH3 is 2. The van der Waals surface area contributed by atoms with Gasteiger partial charge in [0, 0.05) is 6.04 Å². The fraction of sp³-hybridized carbons (Fsp3) is 0.700. The molecule has 0 aliphatic heterocycles. The first-order valence-electron chi connectivity index (χ1n) is 9.29.